The third kappa shape index (κ3) is 4.31. The van der Waals surface area contributed by atoms with Crippen LogP contribution in [0.5, 0.6) is 0 Å². The molecular weight excluding hydrogens is 504 g/mol. The fourth-order valence-corrected chi connectivity index (χ4v) is 11.8. The molecule has 1 N–H and O–H groups in total. The number of carbonyl (C=O) groups excluding carboxylic acids is 2. The molecule has 0 amide bonds. The van der Waals surface area contributed by atoms with Gasteiger partial charge in [-0.05, 0) is 113 Å². The molecule has 0 bridgehead atoms. The van der Waals surface area contributed by atoms with Gasteiger partial charge in [-0.15, -0.1) is 0 Å². The zero-order valence-corrected chi connectivity index (χ0v) is 26.9. The van der Waals surface area contributed by atoms with Crippen molar-refractivity contribution in [1.82, 2.24) is 0 Å². The molecule has 40 heavy (non-hydrogen) atoms. The van der Waals surface area contributed by atoms with Gasteiger partial charge in [0, 0.05) is 25.2 Å². The summed E-state index contributed by atoms with van der Waals surface area (Å²) in [5.41, 5.74) is -1.10. The van der Waals surface area contributed by atoms with Crippen LogP contribution in [0.25, 0.3) is 0 Å². The van der Waals surface area contributed by atoms with Crippen molar-refractivity contribution in [3.8, 4) is 0 Å². The third-order valence-corrected chi connectivity index (χ3v) is 13.8. The minimum atomic E-state index is -0.872. The molecule has 5 rings (SSSR count). The maximum atomic E-state index is 12.6. The maximum Gasteiger partial charge on any atom is 0.302 e. The zero-order valence-electron chi connectivity index (χ0n) is 26.9. The second-order valence-electron chi connectivity index (χ2n) is 16.6. The van der Waals surface area contributed by atoms with Crippen molar-refractivity contribution < 1.29 is 28.9 Å². The van der Waals surface area contributed by atoms with E-state index in [1.54, 1.807) is 6.92 Å². The highest BCUT2D eigenvalue weighted by molar-refractivity contribution is 5.66. The molecule has 0 spiro atoms. The SMILES string of the molecule is CC(=O)O[C@@H]1C[C@@H]2[C@@]3(C)CC[C@@H](OC(C)=O)C(C)(C)[C@H]3CC[C@@]2(C)[C@]2(C)CC[C@H]([C@@]3(C)CC[C@@H](C(C)(C)O)O3)[C@@H]12. The molecule has 6 nitrogen and oxygen atoms in total. The van der Waals surface area contributed by atoms with Gasteiger partial charge in [0.1, 0.15) is 12.2 Å². The molecule has 1 heterocycles. The minimum absolute atomic E-state index is 0.0186. The quantitative estimate of drug-likeness (QED) is 0.379. The van der Waals surface area contributed by atoms with E-state index in [9.17, 15) is 14.7 Å². The molecule has 11 atom stereocenters. The molecule has 0 aromatic rings. The van der Waals surface area contributed by atoms with Crippen molar-refractivity contribution >= 4 is 11.9 Å². The van der Waals surface area contributed by atoms with Gasteiger partial charge in [-0.2, -0.15) is 0 Å². The molecule has 0 unspecified atom stereocenters. The Bertz CT molecular complexity index is 1030. The van der Waals surface area contributed by atoms with E-state index in [0.717, 1.165) is 57.8 Å². The van der Waals surface area contributed by atoms with Crippen LogP contribution in [0.2, 0.25) is 0 Å². The average molecular weight is 561 g/mol. The molecule has 0 radical (unpaired) electrons. The smallest absolute Gasteiger partial charge is 0.302 e. The molecule has 0 aromatic heterocycles. The lowest BCUT2D eigenvalue weighted by Gasteiger charge is -2.70. The van der Waals surface area contributed by atoms with Crippen LogP contribution in [0.15, 0.2) is 0 Å². The van der Waals surface area contributed by atoms with Crippen molar-refractivity contribution in [3.05, 3.63) is 0 Å². The normalized spacial score (nSPS) is 49.9. The number of rotatable bonds is 4. The predicted molar refractivity (Wildman–Crippen MR) is 154 cm³/mol. The van der Waals surface area contributed by atoms with Crippen LogP contribution in [-0.2, 0) is 23.8 Å². The van der Waals surface area contributed by atoms with Crippen LogP contribution in [0.1, 0.15) is 127 Å². The molecule has 0 aromatic carbocycles. The lowest BCUT2D eigenvalue weighted by Crippen LogP contribution is -2.67. The van der Waals surface area contributed by atoms with Crippen LogP contribution < -0.4 is 0 Å². The van der Waals surface area contributed by atoms with Crippen LogP contribution in [0.4, 0.5) is 0 Å². The lowest BCUT2D eigenvalue weighted by molar-refractivity contribution is -0.254. The first-order valence-electron chi connectivity index (χ1n) is 16.0. The van der Waals surface area contributed by atoms with Gasteiger partial charge in [-0.3, -0.25) is 9.59 Å². The van der Waals surface area contributed by atoms with Gasteiger partial charge < -0.3 is 19.3 Å². The Hall–Kier alpha value is -1.14. The molecule has 5 aliphatic rings. The Labute approximate surface area is 242 Å². The standard InChI is InChI=1S/C34H56O6/c1-20(35)38-23-19-25-31(7)15-13-26(39-21(2)36)29(3,4)24(31)12-17-32(25,8)33(9)16-11-22(28(23)33)34(10)18-14-27(40-34)30(5,6)37/h22-28,37H,11-19H2,1-10H3/t22-,23+,24+,25+,26+,27-,28-,31-,32+,33+,34+/m0/s1. The third-order valence-electron chi connectivity index (χ3n) is 13.8. The first kappa shape index (κ1) is 30.3. The van der Waals surface area contributed by atoms with E-state index < -0.39 is 5.60 Å². The summed E-state index contributed by atoms with van der Waals surface area (Å²) >= 11 is 0. The number of hydrogen-bond donors (Lipinski definition) is 1. The van der Waals surface area contributed by atoms with E-state index >= 15 is 0 Å². The zero-order chi connectivity index (χ0) is 29.7. The van der Waals surface area contributed by atoms with Gasteiger partial charge in [0.05, 0.1) is 17.3 Å². The summed E-state index contributed by atoms with van der Waals surface area (Å²) in [4.78, 5) is 24.6. The van der Waals surface area contributed by atoms with Gasteiger partial charge in [0.15, 0.2) is 0 Å². The van der Waals surface area contributed by atoms with Crippen molar-refractivity contribution in [3.63, 3.8) is 0 Å². The predicted octanol–water partition coefficient (Wildman–Crippen LogP) is 6.85. The number of ether oxygens (including phenoxy) is 3. The Kier molecular flexibility index (Phi) is 7.15. The minimum Gasteiger partial charge on any atom is -0.462 e. The highest BCUT2D eigenvalue weighted by Crippen LogP contribution is 2.76. The van der Waals surface area contributed by atoms with E-state index in [0.29, 0.717) is 11.8 Å². The molecule has 228 valence electrons. The van der Waals surface area contributed by atoms with E-state index in [2.05, 4.69) is 41.5 Å². The number of esters is 2. The summed E-state index contributed by atoms with van der Waals surface area (Å²) in [5, 5.41) is 10.8. The lowest BCUT2D eigenvalue weighted by atomic mass is 9.35. The molecule has 1 aliphatic heterocycles. The number of fused-ring (bicyclic) bond motifs is 5. The topological polar surface area (TPSA) is 82.1 Å². The first-order chi connectivity index (χ1) is 18.3. The molecule has 1 saturated heterocycles. The van der Waals surface area contributed by atoms with Gasteiger partial charge in [0.2, 0.25) is 0 Å². The van der Waals surface area contributed by atoms with E-state index in [1.807, 2.05) is 13.8 Å². The van der Waals surface area contributed by atoms with Gasteiger partial charge in [-0.1, -0.05) is 34.6 Å². The van der Waals surface area contributed by atoms with Crippen LogP contribution in [-0.4, -0.2) is 46.6 Å². The Morgan fingerprint density at radius 2 is 1.43 bits per heavy atom. The van der Waals surface area contributed by atoms with Crippen LogP contribution >= 0.6 is 0 Å². The average Bonchev–Trinajstić information content (AvgIpc) is 3.39. The number of aliphatic hydroxyl groups is 1. The van der Waals surface area contributed by atoms with Gasteiger partial charge >= 0.3 is 11.9 Å². The van der Waals surface area contributed by atoms with Crippen LogP contribution in [0.3, 0.4) is 0 Å². The van der Waals surface area contributed by atoms with Crippen molar-refractivity contribution in [1.29, 1.82) is 0 Å². The van der Waals surface area contributed by atoms with E-state index in [1.165, 1.54) is 6.92 Å². The molecule has 6 heteroatoms. The number of carbonyl (C=O) groups is 2. The molecule has 5 fully saturated rings. The Morgan fingerprint density at radius 3 is 2.00 bits per heavy atom. The first-order valence-corrected chi connectivity index (χ1v) is 16.0. The summed E-state index contributed by atoms with van der Waals surface area (Å²) in [6.45, 7) is 21.2. The van der Waals surface area contributed by atoms with E-state index in [4.69, 9.17) is 14.2 Å². The molecule has 4 aliphatic carbocycles. The summed E-state index contributed by atoms with van der Waals surface area (Å²) in [7, 11) is 0. The van der Waals surface area contributed by atoms with Crippen molar-refractivity contribution in [2.45, 2.75) is 157 Å². The maximum absolute atomic E-state index is 12.6. The summed E-state index contributed by atoms with van der Waals surface area (Å²) < 4.78 is 19.0. The number of hydrogen-bond acceptors (Lipinski definition) is 6. The fourth-order valence-electron chi connectivity index (χ4n) is 11.8. The fraction of sp³-hybridized carbons (Fsp3) is 0.941. The Morgan fingerprint density at radius 1 is 0.800 bits per heavy atom. The molecular formula is C34H56O6. The van der Waals surface area contributed by atoms with Crippen molar-refractivity contribution in [2.75, 3.05) is 0 Å². The largest absolute Gasteiger partial charge is 0.462 e. The summed E-state index contributed by atoms with van der Waals surface area (Å²) in [6.07, 6.45) is 8.68. The second kappa shape index (κ2) is 9.43. The summed E-state index contributed by atoms with van der Waals surface area (Å²) in [6, 6.07) is 0. The second-order valence-corrected chi connectivity index (χ2v) is 16.6. The highest BCUT2D eigenvalue weighted by atomic mass is 16.6. The summed E-state index contributed by atoms with van der Waals surface area (Å²) in [5.74, 6) is 1.00. The Balaban J connectivity index is 1.52. The van der Waals surface area contributed by atoms with E-state index in [-0.39, 0.29) is 69.3 Å². The monoisotopic (exact) mass is 560 g/mol. The molecule has 4 saturated carbocycles. The van der Waals surface area contributed by atoms with Gasteiger partial charge in [0.25, 0.3) is 0 Å². The highest BCUT2D eigenvalue weighted by Gasteiger charge is 2.72. The van der Waals surface area contributed by atoms with Gasteiger partial charge in [-0.25, -0.2) is 0 Å². The van der Waals surface area contributed by atoms with Crippen molar-refractivity contribution in [2.24, 2.45) is 45.3 Å². The van der Waals surface area contributed by atoms with Crippen LogP contribution in [0, 0.1) is 45.3 Å².